The Labute approximate surface area is 69.3 Å². The molecule has 1 aromatic heterocycles. The maximum atomic E-state index is 9.21. The Kier molecular flexibility index (Phi) is 2.31. The van der Waals surface area contributed by atoms with Crippen molar-refractivity contribution in [2.75, 3.05) is 0 Å². The molecule has 1 heterocycles. The molecule has 2 N–H and O–H groups in total. The van der Waals surface area contributed by atoms with Crippen LogP contribution in [0, 0.1) is 6.92 Å². The van der Waals surface area contributed by atoms with Crippen molar-refractivity contribution in [1.82, 2.24) is 4.98 Å². The summed E-state index contributed by atoms with van der Waals surface area (Å²) < 4.78 is 0. The Hall–Kier alpha value is -0.800. The SMILES string of the molecule is Cc1ncc(CO)c(Cl)c1O. The number of hydrogen-bond donors (Lipinski definition) is 2. The molecule has 0 saturated heterocycles. The second-order valence-electron chi connectivity index (χ2n) is 2.19. The van der Waals surface area contributed by atoms with Crippen molar-refractivity contribution in [3.63, 3.8) is 0 Å². The molecule has 0 aliphatic heterocycles. The molecule has 0 saturated carbocycles. The van der Waals surface area contributed by atoms with Gasteiger partial charge in [-0.05, 0) is 6.92 Å². The predicted molar refractivity (Wildman–Crippen MR) is 41.6 cm³/mol. The van der Waals surface area contributed by atoms with E-state index < -0.39 is 0 Å². The van der Waals surface area contributed by atoms with Gasteiger partial charge in [-0.15, -0.1) is 0 Å². The molecular formula is C7H8ClNO2. The van der Waals surface area contributed by atoms with E-state index in [1.165, 1.54) is 6.20 Å². The number of aromatic nitrogens is 1. The molecule has 0 radical (unpaired) electrons. The van der Waals surface area contributed by atoms with E-state index in [-0.39, 0.29) is 17.4 Å². The number of pyridine rings is 1. The van der Waals surface area contributed by atoms with E-state index in [9.17, 15) is 5.11 Å². The summed E-state index contributed by atoms with van der Waals surface area (Å²) in [5, 5.41) is 18.1. The highest BCUT2D eigenvalue weighted by molar-refractivity contribution is 6.32. The number of hydrogen-bond acceptors (Lipinski definition) is 3. The highest BCUT2D eigenvalue weighted by Gasteiger charge is 2.07. The van der Waals surface area contributed by atoms with E-state index in [0.29, 0.717) is 11.3 Å². The van der Waals surface area contributed by atoms with Crippen LogP contribution in [0.1, 0.15) is 11.3 Å². The average Bonchev–Trinajstić information content (AvgIpc) is 2.01. The first-order chi connectivity index (χ1) is 5.16. The summed E-state index contributed by atoms with van der Waals surface area (Å²) in [4.78, 5) is 3.82. The van der Waals surface area contributed by atoms with E-state index in [1.807, 2.05) is 0 Å². The molecule has 0 fully saturated rings. The normalized spacial score (nSPS) is 10.1. The fourth-order valence-electron chi connectivity index (χ4n) is 0.714. The van der Waals surface area contributed by atoms with Gasteiger partial charge in [0.05, 0.1) is 17.3 Å². The maximum absolute atomic E-state index is 9.21. The Morgan fingerprint density at radius 3 is 2.82 bits per heavy atom. The molecule has 0 unspecified atom stereocenters. The predicted octanol–water partition coefficient (Wildman–Crippen LogP) is 1.24. The number of nitrogens with zero attached hydrogens (tertiary/aromatic N) is 1. The lowest BCUT2D eigenvalue weighted by atomic mass is 10.2. The minimum absolute atomic E-state index is 0.0572. The van der Waals surface area contributed by atoms with Gasteiger partial charge in [0.1, 0.15) is 0 Å². The van der Waals surface area contributed by atoms with Crippen LogP contribution in [0.3, 0.4) is 0 Å². The van der Waals surface area contributed by atoms with Crippen molar-refractivity contribution in [2.24, 2.45) is 0 Å². The summed E-state index contributed by atoms with van der Waals surface area (Å²) >= 11 is 5.65. The molecule has 0 aliphatic carbocycles. The van der Waals surface area contributed by atoms with Crippen LogP contribution in [0.5, 0.6) is 5.75 Å². The molecule has 0 spiro atoms. The number of aliphatic hydroxyl groups excluding tert-OH is 1. The van der Waals surface area contributed by atoms with Gasteiger partial charge in [-0.2, -0.15) is 0 Å². The van der Waals surface area contributed by atoms with Crippen molar-refractivity contribution >= 4 is 11.6 Å². The fourth-order valence-corrected chi connectivity index (χ4v) is 0.959. The molecule has 3 nitrogen and oxygen atoms in total. The summed E-state index contributed by atoms with van der Waals surface area (Å²) in [6.45, 7) is 1.43. The number of aromatic hydroxyl groups is 1. The molecule has 0 atom stereocenters. The van der Waals surface area contributed by atoms with E-state index in [0.717, 1.165) is 0 Å². The molecule has 1 aromatic rings. The van der Waals surface area contributed by atoms with E-state index in [2.05, 4.69) is 4.98 Å². The molecule has 11 heavy (non-hydrogen) atoms. The Bertz CT molecular complexity index is 275. The molecule has 0 amide bonds. The van der Waals surface area contributed by atoms with Crippen molar-refractivity contribution in [3.8, 4) is 5.75 Å². The quantitative estimate of drug-likeness (QED) is 0.672. The summed E-state index contributed by atoms with van der Waals surface area (Å²) in [7, 11) is 0. The number of aliphatic hydroxyl groups is 1. The summed E-state index contributed by atoms with van der Waals surface area (Å²) in [5.74, 6) is -0.0572. The Balaban J connectivity index is 3.25. The second-order valence-corrected chi connectivity index (χ2v) is 2.57. The van der Waals surface area contributed by atoms with Gasteiger partial charge < -0.3 is 10.2 Å². The Morgan fingerprint density at radius 2 is 2.27 bits per heavy atom. The van der Waals surface area contributed by atoms with Crippen LogP contribution in [-0.2, 0) is 6.61 Å². The van der Waals surface area contributed by atoms with Crippen LogP contribution in [-0.4, -0.2) is 15.2 Å². The van der Waals surface area contributed by atoms with Gasteiger partial charge >= 0.3 is 0 Å². The zero-order valence-corrected chi connectivity index (χ0v) is 6.76. The van der Waals surface area contributed by atoms with Crippen molar-refractivity contribution in [1.29, 1.82) is 0 Å². The van der Waals surface area contributed by atoms with Crippen LogP contribution in [0.2, 0.25) is 5.02 Å². The smallest absolute Gasteiger partial charge is 0.155 e. The lowest BCUT2D eigenvalue weighted by Crippen LogP contribution is -1.90. The monoisotopic (exact) mass is 173 g/mol. The van der Waals surface area contributed by atoms with Crippen LogP contribution < -0.4 is 0 Å². The first-order valence-electron chi connectivity index (χ1n) is 3.10. The standard InChI is InChI=1S/C7H8ClNO2/c1-4-7(11)6(8)5(3-10)2-9-4/h2,10-11H,3H2,1H3. The van der Waals surface area contributed by atoms with E-state index in [1.54, 1.807) is 6.92 Å². The molecule has 0 bridgehead atoms. The third-order valence-electron chi connectivity index (χ3n) is 1.42. The van der Waals surface area contributed by atoms with Gasteiger partial charge in [-0.1, -0.05) is 11.6 Å². The van der Waals surface area contributed by atoms with Crippen LogP contribution >= 0.6 is 11.6 Å². The van der Waals surface area contributed by atoms with Crippen molar-refractivity contribution in [3.05, 3.63) is 22.5 Å². The minimum Gasteiger partial charge on any atom is -0.505 e. The largest absolute Gasteiger partial charge is 0.505 e. The van der Waals surface area contributed by atoms with Gasteiger partial charge in [0, 0.05) is 11.8 Å². The van der Waals surface area contributed by atoms with E-state index >= 15 is 0 Å². The van der Waals surface area contributed by atoms with E-state index in [4.69, 9.17) is 16.7 Å². The molecule has 1 rings (SSSR count). The lowest BCUT2D eigenvalue weighted by Gasteiger charge is -2.03. The van der Waals surface area contributed by atoms with Gasteiger partial charge in [0.25, 0.3) is 0 Å². The van der Waals surface area contributed by atoms with Gasteiger partial charge in [0.2, 0.25) is 0 Å². The maximum Gasteiger partial charge on any atom is 0.155 e. The number of rotatable bonds is 1. The second kappa shape index (κ2) is 3.07. The van der Waals surface area contributed by atoms with Gasteiger partial charge in [-0.25, -0.2) is 0 Å². The molecule has 60 valence electrons. The highest BCUT2D eigenvalue weighted by Crippen LogP contribution is 2.28. The highest BCUT2D eigenvalue weighted by atomic mass is 35.5. The van der Waals surface area contributed by atoms with Gasteiger partial charge in [0.15, 0.2) is 5.75 Å². The zero-order chi connectivity index (χ0) is 8.43. The molecule has 0 aromatic carbocycles. The first kappa shape index (κ1) is 8.30. The first-order valence-corrected chi connectivity index (χ1v) is 3.48. The van der Waals surface area contributed by atoms with Crippen LogP contribution in [0.15, 0.2) is 6.20 Å². The van der Waals surface area contributed by atoms with Crippen molar-refractivity contribution < 1.29 is 10.2 Å². The van der Waals surface area contributed by atoms with Crippen LogP contribution in [0.4, 0.5) is 0 Å². The third kappa shape index (κ3) is 1.44. The van der Waals surface area contributed by atoms with Crippen molar-refractivity contribution in [2.45, 2.75) is 13.5 Å². The lowest BCUT2D eigenvalue weighted by molar-refractivity contribution is 0.280. The molecular weight excluding hydrogens is 166 g/mol. The number of halogens is 1. The van der Waals surface area contributed by atoms with Gasteiger partial charge in [-0.3, -0.25) is 4.98 Å². The third-order valence-corrected chi connectivity index (χ3v) is 1.84. The zero-order valence-electron chi connectivity index (χ0n) is 6.00. The molecule has 0 aliphatic rings. The topological polar surface area (TPSA) is 53.4 Å². The summed E-state index contributed by atoms with van der Waals surface area (Å²) in [5.41, 5.74) is 0.905. The Morgan fingerprint density at radius 1 is 1.64 bits per heavy atom. The molecule has 4 heteroatoms. The van der Waals surface area contributed by atoms with Crippen LogP contribution in [0.25, 0.3) is 0 Å². The fraction of sp³-hybridized carbons (Fsp3) is 0.286. The minimum atomic E-state index is -0.209. The average molecular weight is 174 g/mol. The summed E-state index contributed by atoms with van der Waals surface area (Å²) in [6.07, 6.45) is 1.44. The number of aryl methyl sites for hydroxylation is 1. The summed E-state index contributed by atoms with van der Waals surface area (Å²) in [6, 6.07) is 0.